The first-order valence-electron chi connectivity index (χ1n) is 8.56. The fourth-order valence-corrected chi connectivity index (χ4v) is 3.36. The molecule has 1 amide bonds. The second-order valence-corrected chi connectivity index (χ2v) is 8.16. The number of unbranched alkanes of at least 4 members (excludes halogenated alkanes) is 2. The van der Waals surface area contributed by atoms with Gasteiger partial charge in [-0.1, -0.05) is 19.8 Å². The minimum Gasteiger partial charge on any atom is -0.494 e. The van der Waals surface area contributed by atoms with Gasteiger partial charge in [0.2, 0.25) is 0 Å². The quantitative estimate of drug-likeness (QED) is 0.322. The standard InChI is InChI=1S/C19H23BrN2O3S/c1-3-4-5-12-24-15-6-8-16(9-7-15)25-14(2)19(23)22-21-13-17-10-11-18(20)26-17/h6-11,13-14H,3-5,12H2,1-2H3,(H,22,23). The number of hydrazone groups is 1. The Morgan fingerprint density at radius 2 is 1.96 bits per heavy atom. The van der Waals surface area contributed by atoms with Crippen LogP contribution in [0.25, 0.3) is 0 Å². The Bertz CT molecular complexity index is 716. The van der Waals surface area contributed by atoms with Crippen LogP contribution in [0.5, 0.6) is 11.5 Å². The van der Waals surface area contributed by atoms with Crippen LogP contribution in [0.3, 0.4) is 0 Å². The molecule has 26 heavy (non-hydrogen) atoms. The SMILES string of the molecule is CCCCCOc1ccc(OC(C)C(=O)NN=Cc2ccc(Br)s2)cc1. The molecule has 1 N–H and O–H groups in total. The molecule has 1 aromatic heterocycles. The van der Waals surface area contributed by atoms with Gasteiger partial charge in [-0.3, -0.25) is 4.79 Å². The first kappa shape index (κ1) is 20.5. The molecule has 1 unspecified atom stereocenters. The predicted molar refractivity (Wildman–Crippen MR) is 109 cm³/mol. The van der Waals surface area contributed by atoms with E-state index in [1.807, 2.05) is 24.3 Å². The van der Waals surface area contributed by atoms with E-state index >= 15 is 0 Å². The molecule has 2 aromatic rings. The van der Waals surface area contributed by atoms with Gasteiger partial charge in [0, 0.05) is 4.88 Å². The van der Waals surface area contributed by atoms with Gasteiger partial charge in [0.1, 0.15) is 11.5 Å². The highest BCUT2D eigenvalue weighted by Crippen LogP contribution is 2.20. The number of hydrogen-bond donors (Lipinski definition) is 1. The van der Waals surface area contributed by atoms with Gasteiger partial charge < -0.3 is 9.47 Å². The van der Waals surface area contributed by atoms with Crippen LogP contribution in [0.2, 0.25) is 0 Å². The number of benzene rings is 1. The lowest BCUT2D eigenvalue weighted by Gasteiger charge is -2.13. The minimum absolute atomic E-state index is 0.309. The highest BCUT2D eigenvalue weighted by molar-refractivity contribution is 9.11. The third kappa shape index (κ3) is 7.17. The second kappa shape index (κ2) is 11.0. The number of rotatable bonds is 10. The molecule has 7 heteroatoms. The smallest absolute Gasteiger partial charge is 0.280 e. The van der Waals surface area contributed by atoms with Crippen molar-refractivity contribution in [2.24, 2.45) is 5.10 Å². The molecule has 1 aromatic carbocycles. The summed E-state index contributed by atoms with van der Waals surface area (Å²) >= 11 is 4.91. The minimum atomic E-state index is -0.654. The molecule has 0 aliphatic heterocycles. The number of ether oxygens (including phenoxy) is 2. The van der Waals surface area contributed by atoms with E-state index < -0.39 is 6.10 Å². The normalized spacial score (nSPS) is 12.1. The summed E-state index contributed by atoms with van der Waals surface area (Å²) in [5.74, 6) is 1.11. The van der Waals surface area contributed by atoms with Crippen molar-refractivity contribution >= 4 is 39.4 Å². The van der Waals surface area contributed by atoms with Crippen molar-refractivity contribution in [1.82, 2.24) is 5.43 Å². The third-order valence-corrected chi connectivity index (χ3v) is 5.04. The summed E-state index contributed by atoms with van der Waals surface area (Å²) in [7, 11) is 0. The maximum Gasteiger partial charge on any atom is 0.280 e. The number of carbonyl (C=O) groups is 1. The molecule has 0 saturated carbocycles. The van der Waals surface area contributed by atoms with E-state index in [2.05, 4.69) is 33.4 Å². The topological polar surface area (TPSA) is 59.9 Å². The molecule has 0 spiro atoms. The summed E-state index contributed by atoms with van der Waals surface area (Å²) in [5.41, 5.74) is 2.48. The molecule has 5 nitrogen and oxygen atoms in total. The van der Waals surface area contributed by atoms with E-state index in [0.717, 1.165) is 20.8 Å². The summed E-state index contributed by atoms with van der Waals surface area (Å²) in [6.07, 6.45) is 4.34. The number of nitrogens with zero attached hydrogens (tertiary/aromatic N) is 1. The average Bonchev–Trinajstić information content (AvgIpc) is 3.05. The zero-order chi connectivity index (χ0) is 18.8. The monoisotopic (exact) mass is 438 g/mol. The van der Waals surface area contributed by atoms with Crippen molar-refractivity contribution in [1.29, 1.82) is 0 Å². The molecule has 0 aliphatic carbocycles. The molecule has 0 saturated heterocycles. The highest BCUT2D eigenvalue weighted by atomic mass is 79.9. The van der Waals surface area contributed by atoms with Gasteiger partial charge in [0.25, 0.3) is 5.91 Å². The van der Waals surface area contributed by atoms with Gasteiger partial charge >= 0.3 is 0 Å². The summed E-state index contributed by atoms with van der Waals surface area (Å²) in [6, 6.07) is 11.1. The van der Waals surface area contributed by atoms with Crippen LogP contribution in [0, 0.1) is 0 Å². The summed E-state index contributed by atoms with van der Waals surface area (Å²) in [6.45, 7) is 4.56. The molecule has 2 rings (SSSR count). The Hall–Kier alpha value is -1.86. The first-order valence-corrected chi connectivity index (χ1v) is 10.2. The van der Waals surface area contributed by atoms with Gasteiger partial charge in [-0.05, 0) is 65.7 Å². The number of carbonyl (C=O) groups excluding carboxylic acids is 1. The maximum atomic E-state index is 12.0. The van der Waals surface area contributed by atoms with Crippen molar-refractivity contribution in [3.05, 3.63) is 45.1 Å². The zero-order valence-electron chi connectivity index (χ0n) is 14.9. The molecule has 0 radical (unpaired) electrons. The van der Waals surface area contributed by atoms with Crippen molar-refractivity contribution in [3.63, 3.8) is 0 Å². The molecule has 1 heterocycles. The van der Waals surface area contributed by atoms with E-state index in [0.29, 0.717) is 12.4 Å². The molecular weight excluding hydrogens is 416 g/mol. The van der Waals surface area contributed by atoms with Crippen molar-refractivity contribution in [2.45, 2.75) is 39.2 Å². The molecule has 0 fully saturated rings. The Kier molecular flexibility index (Phi) is 8.64. The van der Waals surface area contributed by atoms with E-state index in [9.17, 15) is 4.79 Å². The van der Waals surface area contributed by atoms with Crippen LogP contribution in [0.15, 0.2) is 45.3 Å². The lowest BCUT2D eigenvalue weighted by atomic mass is 10.2. The van der Waals surface area contributed by atoms with E-state index in [1.165, 1.54) is 24.2 Å². The van der Waals surface area contributed by atoms with Gasteiger partial charge in [-0.25, -0.2) is 5.43 Å². The van der Waals surface area contributed by atoms with Crippen LogP contribution in [0.4, 0.5) is 0 Å². The molecule has 1 atom stereocenters. The summed E-state index contributed by atoms with van der Waals surface area (Å²) < 4.78 is 12.3. The summed E-state index contributed by atoms with van der Waals surface area (Å²) in [5, 5.41) is 3.95. The van der Waals surface area contributed by atoms with Gasteiger partial charge in [0.05, 0.1) is 16.6 Å². The third-order valence-electron chi connectivity index (χ3n) is 3.48. The Labute approximate surface area is 166 Å². The number of thiophene rings is 1. The Morgan fingerprint density at radius 3 is 2.62 bits per heavy atom. The maximum absolute atomic E-state index is 12.0. The number of halogens is 1. The van der Waals surface area contributed by atoms with Crippen molar-refractivity contribution in [2.75, 3.05) is 6.61 Å². The highest BCUT2D eigenvalue weighted by Gasteiger charge is 2.13. The first-order chi connectivity index (χ1) is 12.6. The molecule has 0 aliphatic rings. The Balaban J connectivity index is 1.76. The largest absolute Gasteiger partial charge is 0.494 e. The predicted octanol–water partition coefficient (Wildman–Crippen LogP) is 5.00. The van der Waals surface area contributed by atoms with Crippen LogP contribution in [-0.4, -0.2) is 24.8 Å². The van der Waals surface area contributed by atoms with E-state index in [1.54, 1.807) is 25.3 Å². The molecule has 140 valence electrons. The van der Waals surface area contributed by atoms with Gasteiger partial charge in [-0.2, -0.15) is 5.10 Å². The van der Waals surface area contributed by atoms with Gasteiger partial charge in [0.15, 0.2) is 6.10 Å². The van der Waals surface area contributed by atoms with Crippen LogP contribution in [-0.2, 0) is 4.79 Å². The fraction of sp³-hybridized carbons (Fsp3) is 0.368. The number of hydrogen-bond acceptors (Lipinski definition) is 5. The van der Waals surface area contributed by atoms with Crippen molar-refractivity contribution in [3.8, 4) is 11.5 Å². The van der Waals surface area contributed by atoms with Crippen LogP contribution < -0.4 is 14.9 Å². The van der Waals surface area contributed by atoms with E-state index in [-0.39, 0.29) is 5.91 Å². The molecule has 0 bridgehead atoms. The Morgan fingerprint density at radius 1 is 1.23 bits per heavy atom. The second-order valence-electron chi connectivity index (χ2n) is 5.66. The van der Waals surface area contributed by atoms with Crippen LogP contribution >= 0.6 is 27.3 Å². The number of amides is 1. The average molecular weight is 439 g/mol. The lowest BCUT2D eigenvalue weighted by Crippen LogP contribution is -2.33. The van der Waals surface area contributed by atoms with Gasteiger partial charge in [-0.15, -0.1) is 11.3 Å². The lowest BCUT2D eigenvalue weighted by molar-refractivity contribution is -0.127. The summed E-state index contributed by atoms with van der Waals surface area (Å²) in [4.78, 5) is 13.0. The number of nitrogens with one attached hydrogen (secondary N) is 1. The van der Waals surface area contributed by atoms with Crippen LogP contribution in [0.1, 0.15) is 38.0 Å². The molecular formula is C19H23BrN2O3S. The van der Waals surface area contributed by atoms with E-state index in [4.69, 9.17) is 9.47 Å². The zero-order valence-corrected chi connectivity index (χ0v) is 17.3. The van der Waals surface area contributed by atoms with Crippen molar-refractivity contribution < 1.29 is 14.3 Å². The fourth-order valence-electron chi connectivity index (χ4n) is 2.06.